The van der Waals surface area contributed by atoms with Crippen LogP contribution in [0.5, 0.6) is 0 Å². The van der Waals surface area contributed by atoms with Gasteiger partial charge in [0.25, 0.3) is 0 Å². The van der Waals surface area contributed by atoms with Crippen molar-refractivity contribution in [2.45, 2.75) is 44.9 Å². The van der Waals surface area contributed by atoms with Crippen LogP contribution in [-0.4, -0.2) is 38.9 Å². The predicted octanol–water partition coefficient (Wildman–Crippen LogP) is 2.67. The molecule has 1 saturated heterocycles. The summed E-state index contributed by atoms with van der Waals surface area (Å²) < 4.78 is 28.0. The van der Waals surface area contributed by atoms with Crippen LogP contribution in [0.1, 0.15) is 50.8 Å². The number of hydroxylamine groups is 2. The zero-order chi connectivity index (χ0) is 17.2. The summed E-state index contributed by atoms with van der Waals surface area (Å²) in [5, 5.41) is 1.06. The van der Waals surface area contributed by atoms with E-state index in [1.807, 2.05) is 26.0 Å². The fourth-order valence-corrected chi connectivity index (χ4v) is 4.44. The van der Waals surface area contributed by atoms with Crippen LogP contribution in [0.2, 0.25) is 0 Å². The summed E-state index contributed by atoms with van der Waals surface area (Å²) in [5.74, 6) is 0.724. The monoisotopic (exact) mass is 340 g/mol. The highest BCUT2D eigenvalue weighted by atomic mass is 32.2. The highest BCUT2D eigenvalue weighted by molar-refractivity contribution is 7.90. The number of rotatable bonds is 6. The first kappa shape index (κ1) is 18.4. The molecule has 5 nitrogen and oxygen atoms in total. The summed E-state index contributed by atoms with van der Waals surface area (Å²) in [5.41, 5.74) is 2.21. The van der Waals surface area contributed by atoms with Gasteiger partial charge in [0, 0.05) is 13.6 Å². The summed E-state index contributed by atoms with van der Waals surface area (Å²) in [6, 6.07) is 7.86. The maximum atomic E-state index is 12.6. The van der Waals surface area contributed by atoms with E-state index in [9.17, 15) is 8.42 Å². The second-order valence-corrected chi connectivity index (χ2v) is 8.92. The first-order chi connectivity index (χ1) is 10.7. The molecule has 2 rings (SSSR count). The molecule has 0 amide bonds. The summed E-state index contributed by atoms with van der Waals surface area (Å²) in [6.45, 7) is 8.89. The third-order valence-electron chi connectivity index (χ3n) is 4.22. The van der Waals surface area contributed by atoms with Crippen molar-refractivity contribution in [2.24, 2.45) is 5.92 Å². The quantitative estimate of drug-likeness (QED) is 0.865. The van der Waals surface area contributed by atoms with Crippen molar-refractivity contribution in [3.8, 4) is 0 Å². The molecule has 1 aromatic rings. The molecule has 0 bridgehead atoms. The Hall–Kier alpha value is -0.950. The molecule has 0 aliphatic carbocycles. The maximum absolute atomic E-state index is 12.6. The van der Waals surface area contributed by atoms with E-state index in [0.29, 0.717) is 12.5 Å². The number of hydrogen-bond donors (Lipinski definition) is 1. The highest BCUT2D eigenvalue weighted by Gasteiger charge is 2.43. The molecule has 0 unspecified atom stereocenters. The van der Waals surface area contributed by atoms with Crippen molar-refractivity contribution < 1.29 is 13.3 Å². The molecule has 6 heteroatoms. The predicted molar refractivity (Wildman–Crippen MR) is 92.5 cm³/mol. The van der Waals surface area contributed by atoms with Crippen LogP contribution >= 0.6 is 0 Å². The van der Waals surface area contributed by atoms with E-state index in [2.05, 4.69) is 30.7 Å². The largest absolute Gasteiger partial charge is 0.297 e. The van der Waals surface area contributed by atoms with Gasteiger partial charge in [0.2, 0.25) is 10.0 Å². The van der Waals surface area contributed by atoms with Crippen molar-refractivity contribution in [2.75, 3.05) is 20.2 Å². The molecular formula is C17H28N2O3S. The van der Waals surface area contributed by atoms with Crippen molar-refractivity contribution in [1.29, 1.82) is 0 Å². The molecule has 0 spiro atoms. The van der Waals surface area contributed by atoms with Gasteiger partial charge < -0.3 is 0 Å². The Balaban J connectivity index is 2.24. The maximum Gasteiger partial charge on any atom is 0.218 e. The number of benzene rings is 1. The fraction of sp³-hybridized carbons (Fsp3) is 0.647. The van der Waals surface area contributed by atoms with Crippen molar-refractivity contribution in [3.05, 3.63) is 35.4 Å². The molecule has 1 aliphatic heterocycles. The second kappa shape index (κ2) is 7.30. The van der Waals surface area contributed by atoms with Gasteiger partial charge in [-0.25, -0.2) is 13.1 Å². The van der Waals surface area contributed by atoms with Crippen molar-refractivity contribution in [3.63, 3.8) is 0 Å². The molecule has 0 radical (unpaired) electrons. The van der Waals surface area contributed by atoms with Gasteiger partial charge in [0.15, 0.2) is 0 Å². The van der Waals surface area contributed by atoms with E-state index in [0.717, 1.165) is 5.56 Å². The Labute approximate surface area is 140 Å². The van der Waals surface area contributed by atoms with Crippen molar-refractivity contribution >= 4 is 10.0 Å². The fourth-order valence-electron chi connectivity index (χ4n) is 2.75. The zero-order valence-electron chi connectivity index (χ0n) is 14.6. The zero-order valence-corrected chi connectivity index (χ0v) is 15.4. The first-order valence-electron chi connectivity index (χ1n) is 8.16. The number of nitrogens with one attached hydrogen (secondary N) is 1. The lowest BCUT2D eigenvalue weighted by molar-refractivity contribution is -0.110. The third kappa shape index (κ3) is 4.32. The number of nitrogens with zero attached hydrogens (tertiary/aromatic N) is 1. The summed E-state index contributed by atoms with van der Waals surface area (Å²) in [6.07, 6.45) is 0. The van der Waals surface area contributed by atoms with Crippen LogP contribution in [0.3, 0.4) is 0 Å². The van der Waals surface area contributed by atoms with Gasteiger partial charge in [-0.3, -0.25) is 4.84 Å². The molecule has 1 heterocycles. The Kier molecular flexibility index (Phi) is 5.84. The van der Waals surface area contributed by atoms with Crippen LogP contribution in [-0.2, 0) is 14.9 Å². The average molecular weight is 340 g/mol. The Morgan fingerprint density at radius 1 is 1.22 bits per heavy atom. The minimum absolute atomic E-state index is 0.181. The van der Waals surface area contributed by atoms with Crippen LogP contribution in [0.4, 0.5) is 0 Å². The minimum Gasteiger partial charge on any atom is -0.297 e. The summed E-state index contributed by atoms with van der Waals surface area (Å²) in [4.78, 5) is 5.52. The Bertz CT molecular complexity index is 611. The summed E-state index contributed by atoms with van der Waals surface area (Å²) >= 11 is 0. The van der Waals surface area contributed by atoms with Crippen LogP contribution in [0, 0.1) is 5.92 Å². The van der Waals surface area contributed by atoms with Crippen LogP contribution < -0.4 is 4.72 Å². The SMILES string of the molecule is CC(C)CNS(=O)(=O)[C@H]1CON(C)[C@@H]1c1ccc(C(C)C)cc1. The van der Waals surface area contributed by atoms with E-state index in [1.165, 1.54) is 5.56 Å². The van der Waals surface area contributed by atoms with Crippen LogP contribution in [0.25, 0.3) is 0 Å². The molecule has 1 aromatic carbocycles. The van der Waals surface area contributed by atoms with E-state index >= 15 is 0 Å². The smallest absolute Gasteiger partial charge is 0.218 e. The second-order valence-electron chi connectivity index (χ2n) is 6.93. The molecule has 2 atom stereocenters. The standard InChI is InChI=1S/C17H28N2O3S/c1-12(2)10-18-23(20,21)16-11-22-19(5)17(16)15-8-6-14(7-9-15)13(3)4/h6-9,12-13,16-18H,10-11H2,1-5H3/t16-,17+/m0/s1. The summed E-state index contributed by atoms with van der Waals surface area (Å²) in [7, 11) is -1.64. The third-order valence-corrected chi connectivity index (χ3v) is 5.98. The van der Waals surface area contributed by atoms with Gasteiger partial charge in [-0.05, 0) is 23.0 Å². The molecule has 130 valence electrons. The lowest BCUT2D eigenvalue weighted by Gasteiger charge is -2.24. The van der Waals surface area contributed by atoms with Gasteiger partial charge in [0.05, 0.1) is 12.6 Å². The molecule has 0 aromatic heterocycles. The van der Waals surface area contributed by atoms with E-state index in [-0.39, 0.29) is 18.6 Å². The van der Waals surface area contributed by atoms with Crippen LogP contribution in [0.15, 0.2) is 24.3 Å². The molecule has 1 aliphatic rings. The molecule has 1 fully saturated rings. The first-order valence-corrected chi connectivity index (χ1v) is 9.71. The molecule has 0 saturated carbocycles. The van der Waals surface area contributed by atoms with Gasteiger partial charge in [0.1, 0.15) is 5.25 Å². The lowest BCUT2D eigenvalue weighted by Crippen LogP contribution is -2.40. The van der Waals surface area contributed by atoms with Crippen molar-refractivity contribution in [1.82, 2.24) is 9.79 Å². The lowest BCUT2D eigenvalue weighted by atomic mass is 9.98. The van der Waals surface area contributed by atoms with Gasteiger partial charge in [-0.2, -0.15) is 5.06 Å². The highest BCUT2D eigenvalue weighted by Crippen LogP contribution is 2.33. The molecule has 1 N–H and O–H groups in total. The average Bonchev–Trinajstić information content (AvgIpc) is 2.88. The van der Waals surface area contributed by atoms with E-state index in [4.69, 9.17) is 4.84 Å². The Morgan fingerprint density at radius 3 is 2.35 bits per heavy atom. The van der Waals surface area contributed by atoms with Gasteiger partial charge in [-0.15, -0.1) is 0 Å². The van der Waals surface area contributed by atoms with E-state index < -0.39 is 15.3 Å². The normalized spacial score (nSPS) is 23.1. The van der Waals surface area contributed by atoms with Gasteiger partial charge in [-0.1, -0.05) is 52.0 Å². The number of sulfonamides is 1. The molecular weight excluding hydrogens is 312 g/mol. The minimum atomic E-state index is -3.43. The van der Waals surface area contributed by atoms with E-state index in [1.54, 1.807) is 12.1 Å². The van der Waals surface area contributed by atoms with Gasteiger partial charge >= 0.3 is 0 Å². The molecule has 23 heavy (non-hydrogen) atoms. The Morgan fingerprint density at radius 2 is 1.83 bits per heavy atom. The topological polar surface area (TPSA) is 58.6 Å². The number of hydrogen-bond acceptors (Lipinski definition) is 4.